The number of halogens is 5. The van der Waals surface area contributed by atoms with Crippen molar-refractivity contribution in [3.8, 4) is 11.1 Å². The lowest BCUT2D eigenvalue weighted by atomic mass is 10.0. The predicted molar refractivity (Wildman–Crippen MR) is 90.6 cm³/mol. The zero-order valence-corrected chi connectivity index (χ0v) is 14.8. The van der Waals surface area contributed by atoms with Crippen LogP contribution in [0.1, 0.15) is 5.69 Å². The highest BCUT2D eigenvalue weighted by Gasteiger charge is 2.21. The number of rotatable bonds is 3. The van der Waals surface area contributed by atoms with Crippen LogP contribution in [-0.2, 0) is 7.05 Å². The van der Waals surface area contributed by atoms with Gasteiger partial charge in [0.15, 0.2) is 11.6 Å². The van der Waals surface area contributed by atoms with Gasteiger partial charge in [-0.15, -0.1) is 0 Å². The van der Waals surface area contributed by atoms with Gasteiger partial charge in [0.1, 0.15) is 23.1 Å². The van der Waals surface area contributed by atoms with E-state index >= 15 is 0 Å². The highest BCUT2D eigenvalue weighted by atomic mass is 79.9. The molecule has 0 aliphatic carbocycles. The van der Waals surface area contributed by atoms with E-state index < -0.39 is 29.0 Å². The molecule has 1 N–H and O–H groups in total. The van der Waals surface area contributed by atoms with E-state index in [9.17, 15) is 17.6 Å². The van der Waals surface area contributed by atoms with Gasteiger partial charge in [0.25, 0.3) is 0 Å². The molecule has 0 saturated carbocycles. The first-order valence-electron chi connectivity index (χ1n) is 7.18. The predicted octanol–water partition coefficient (Wildman–Crippen LogP) is 5.46. The van der Waals surface area contributed by atoms with E-state index in [1.54, 1.807) is 14.0 Å². The Labute approximate surface area is 149 Å². The third-order valence-corrected chi connectivity index (χ3v) is 4.13. The van der Waals surface area contributed by atoms with Crippen LogP contribution in [0.2, 0.25) is 0 Å². The van der Waals surface area contributed by atoms with Gasteiger partial charge in [0.05, 0.1) is 11.3 Å². The van der Waals surface area contributed by atoms with E-state index in [1.165, 1.54) is 10.7 Å². The molecule has 0 aliphatic heterocycles. The zero-order chi connectivity index (χ0) is 18.3. The Bertz CT molecular complexity index is 946. The zero-order valence-electron chi connectivity index (χ0n) is 13.2. The summed E-state index contributed by atoms with van der Waals surface area (Å²) in [5.74, 6) is -2.98. The van der Waals surface area contributed by atoms with Gasteiger partial charge in [-0.25, -0.2) is 17.6 Å². The lowest BCUT2D eigenvalue weighted by Gasteiger charge is -2.12. The second-order valence-electron chi connectivity index (χ2n) is 5.43. The third-order valence-electron chi connectivity index (χ3n) is 3.67. The van der Waals surface area contributed by atoms with Crippen LogP contribution < -0.4 is 5.32 Å². The fraction of sp³-hybridized carbons (Fsp3) is 0.118. The van der Waals surface area contributed by atoms with Crippen molar-refractivity contribution in [2.24, 2.45) is 7.05 Å². The summed E-state index contributed by atoms with van der Waals surface area (Å²) in [6, 6.07) is 5.31. The first-order chi connectivity index (χ1) is 11.8. The topological polar surface area (TPSA) is 29.9 Å². The lowest BCUT2D eigenvalue weighted by Crippen LogP contribution is -2.04. The smallest absolute Gasteiger partial charge is 0.150 e. The monoisotopic (exact) mass is 413 g/mol. The van der Waals surface area contributed by atoms with Crippen LogP contribution in [0, 0.1) is 30.2 Å². The summed E-state index contributed by atoms with van der Waals surface area (Å²) in [5.41, 5.74) is 0.401. The van der Waals surface area contributed by atoms with Gasteiger partial charge < -0.3 is 5.32 Å². The fourth-order valence-corrected chi connectivity index (χ4v) is 3.00. The Kier molecular flexibility index (Phi) is 4.55. The summed E-state index contributed by atoms with van der Waals surface area (Å²) in [6.07, 6.45) is 0. The summed E-state index contributed by atoms with van der Waals surface area (Å²) in [4.78, 5) is 0. The molecule has 0 atom stereocenters. The van der Waals surface area contributed by atoms with Gasteiger partial charge in [-0.1, -0.05) is 15.9 Å². The van der Waals surface area contributed by atoms with Gasteiger partial charge >= 0.3 is 0 Å². The lowest BCUT2D eigenvalue weighted by molar-refractivity contribution is 0.585. The molecular formula is C17H12BrF4N3. The molecule has 1 aromatic heterocycles. The third kappa shape index (κ3) is 3.26. The number of aryl methyl sites for hydroxylation is 2. The molecule has 0 radical (unpaired) electrons. The van der Waals surface area contributed by atoms with E-state index in [4.69, 9.17) is 0 Å². The van der Waals surface area contributed by atoms with Gasteiger partial charge in [0, 0.05) is 23.2 Å². The molecule has 0 aliphatic rings. The Morgan fingerprint density at radius 2 is 1.64 bits per heavy atom. The Morgan fingerprint density at radius 3 is 2.24 bits per heavy atom. The largest absolute Gasteiger partial charge is 0.335 e. The van der Waals surface area contributed by atoms with Crippen molar-refractivity contribution in [2.45, 2.75) is 6.92 Å². The standard InChI is InChI=1S/C17H12BrF4N3/c1-8-15(11-4-3-10(19)7-12(11)20)17(25(2)24-8)23-16-13(21)5-9(18)6-14(16)22/h3-7,23H,1-2H3. The SMILES string of the molecule is Cc1nn(C)c(Nc2c(F)cc(Br)cc2F)c1-c1ccc(F)cc1F. The molecule has 0 unspecified atom stereocenters. The molecule has 25 heavy (non-hydrogen) atoms. The second-order valence-corrected chi connectivity index (χ2v) is 6.34. The molecule has 3 aromatic rings. The van der Waals surface area contributed by atoms with Crippen LogP contribution in [0.25, 0.3) is 11.1 Å². The van der Waals surface area contributed by atoms with Crippen molar-refractivity contribution >= 4 is 27.4 Å². The van der Waals surface area contributed by atoms with Crippen LogP contribution >= 0.6 is 15.9 Å². The number of hydrogen-bond acceptors (Lipinski definition) is 2. The number of anilines is 2. The van der Waals surface area contributed by atoms with Crippen molar-refractivity contribution in [3.63, 3.8) is 0 Å². The van der Waals surface area contributed by atoms with E-state index in [2.05, 4.69) is 26.3 Å². The van der Waals surface area contributed by atoms with Crippen LogP contribution in [0.4, 0.5) is 29.1 Å². The van der Waals surface area contributed by atoms with Gasteiger partial charge in [-0.3, -0.25) is 4.68 Å². The van der Waals surface area contributed by atoms with Gasteiger partial charge in [0.2, 0.25) is 0 Å². The van der Waals surface area contributed by atoms with Gasteiger partial charge in [-0.2, -0.15) is 5.10 Å². The maximum Gasteiger partial charge on any atom is 0.150 e. The van der Waals surface area contributed by atoms with Crippen LogP contribution in [0.15, 0.2) is 34.8 Å². The quantitative estimate of drug-likeness (QED) is 0.577. The van der Waals surface area contributed by atoms with Crippen molar-refractivity contribution in [2.75, 3.05) is 5.32 Å². The van der Waals surface area contributed by atoms with E-state index in [0.29, 0.717) is 11.3 Å². The van der Waals surface area contributed by atoms with Crippen molar-refractivity contribution in [1.29, 1.82) is 0 Å². The van der Waals surface area contributed by atoms with E-state index in [1.807, 2.05) is 0 Å². The molecule has 8 heteroatoms. The van der Waals surface area contributed by atoms with Crippen molar-refractivity contribution in [1.82, 2.24) is 9.78 Å². The summed E-state index contributed by atoms with van der Waals surface area (Å²) in [5, 5.41) is 6.80. The molecule has 130 valence electrons. The average Bonchev–Trinajstić information content (AvgIpc) is 2.77. The van der Waals surface area contributed by atoms with Crippen molar-refractivity contribution < 1.29 is 17.6 Å². The highest BCUT2D eigenvalue weighted by molar-refractivity contribution is 9.10. The number of aromatic nitrogens is 2. The summed E-state index contributed by atoms with van der Waals surface area (Å²) < 4.78 is 57.2. The first kappa shape index (κ1) is 17.5. The minimum atomic E-state index is -0.823. The molecule has 0 spiro atoms. The average molecular weight is 414 g/mol. The molecule has 0 amide bonds. The Morgan fingerprint density at radius 1 is 1.00 bits per heavy atom. The minimum Gasteiger partial charge on any atom is -0.335 e. The molecule has 0 bridgehead atoms. The fourth-order valence-electron chi connectivity index (χ4n) is 2.60. The molecule has 2 aromatic carbocycles. The summed E-state index contributed by atoms with van der Waals surface area (Å²) >= 11 is 3.01. The number of nitrogens with one attached hydrogen (secondary N) is 1. The summed E-state index contributed by atoms with van der Waals surface area (Å²) in [6.45, 7) is 1.62. The van der Waals surface area contributed by atoms with Crippen LogP contribution in [-0.4, -0.2) is 9.78 Å². The maximum absolute atomic E-state index is 14.2. The minimum absolute atomic E-state index is 0.0763. The van der Waals surface area contributed by atoms with Gasteiger partial charge in [-0.05, 0) is 31.2 Å². The Balaban J connectivity index is 2.16. The van der Waals surface area contributed by atoms with E-state index in [0.717, 1.165) is 24.3 Å². The molecular weight excluding hydrogens is 402 g/mol. The normalized spacial score (nSPS) is 11.0. The Hall–Kier alpha value is -2.35. The maximum atomic E-state index is 14.2. The first-order valence-corrected chi connectivity index (χ1v) is 7.98. The number of benzene rings is 2. The number of hydrogen-bond donors (Lipinski definition) is 1. The second kappa shape index (κ2) is 6.51. The highest BCUT2D eigenvalue weighted by Crippen LogP contribution is 2.36. The summed E-state index contributed by atoms with van der Waals surface area (Å²) in [7, 11) is 1.55. The van der Waals surface area contributed by atoms with Crippen molar-refractivity contribution in [3.05, 3.63) is 63.8 Å². The number of nitrogens with zero attached hydrogens (tertiary/aromatic N) is 2. The van der Waals surface area contributed by atoms with Crippen LogP contribution in [0.5, 0.6) is 0 Å². The molecule has 3 rings (SSSR count). The van der Waals surface area contributed by atoms with E-state index in [-0.39, 0.29) is 15.9 Å². The molecule has 0 saturated heterocycles. The molecule has 3 nitrogen and oxygen atoms in total. The van der Waals surface area contributed by atoms with Crippen LogP contribution in [0.3, 0.4) is 0 Å². The molecule has 1 heterocycles. The molecule has 0 fully saturated rings.